The van der Waals surface area contributed by atoms with Crippen molar-refractivity contribution in [1.82, 2.24) is 25.0 Å². The van der Waals surface area contributed by atoms with Crippen molar-refractivity contribution in [2.75, 3.05) is 13.1 Å². The van der Waals surface area contributed by atoms with E-state index in [4.69, 9.17) is 4.52 Å². The van der Waals surface area contributed by atoms with Crippen LogP contribution in [0.1, 0.15) is 27.7 Å². The van der Waals surface area contributed by atoms with E-state index in [1.165, 1.54) is 17.0 Å². The number of rotatable bonds is 3. The van der Waals surface area contributed by atoms with Crippen molar-refractivity contribution < 1.29 is 22.5 Å². The maximum absolute atomic E-state index is 12.8. The number of carbonyl (C=O) groups excluding carboxylic acids is 1. The lowest BCUT2D eigenvalue weighted by Crippen LogP contribution is -2.48. The highest BCUT2D eigenvalue weighted by molar-refractivity contribution is 5.95. The Morgan fingerprint density at radius 2 is 1.85 bits per heavy atom. The molecule has 0 aliphatic carbocycles. The van der Waals surface area contributed by atoms with E-state index in [-0.39, 0.29) is 30.4 Å². The number of aromatic nitrogens is 4. The summed E-state index contributed by atoms with van der Waals surface area (Å²) in [6.07, 6.45) is -1.39. The standard InChI is InChI=1S/C17H12F3N5O2/c18-17(19,20)12-4-1-3-10(7-12)16(26)25-8-11(9-25)15-23-14(24-27-15)13-21-5-2-6-22-13/h1-7,11H,8-9H2. The van der Waals surface area contributed by atoms with Gasteiger partial charge in [0.25, 0.3) is 5.91 Å². The van der Waals surface area contributed by atoms with Gasteiger partial charge in [0.1, 0.15) is 0 Å². The van der Waals surface area contributed by atoms with Crippen molar-refractivity contribution in [1.29, 1.82) is 0 Å². The van der Waals surface area contributed by atoms with Gasteiger partial charge in [-0.05, 0) is 24.3 Å². The summed E-state index contributed by atoms with van der Waals surface area (Å²) >= 11 is 0. The summed E-state index contributed by atoms with van der Waals surface area (Å²) in [7, 11) is 0. The third-order valence-electron chi connectivity index (χ3n) is 4.16. The van der Waals surface area contributed by atoms with Gasteiger partial charge in [-0.3, -0.25) is 4.79 Å². The number of likely N-dealkylation sites (tertiary alicyclic amines) is 1. The summed E-state index contributed by atoms with van der Waals surface area (Å²) in [4.78, 5) is 26.1. The van der Waals surface area contributed by atoms with Crippen LogP contribution >= 0.6 is 0 Å². The Kier molecular flexibility index (Phi) is 4.09. The Hall–Kier alpha value is -3.30. The van der Waals surface area contributed by atoms with E-state index < -0.39 is 17.6 Å². The van der Waals surface area contributed by atoms with Crippen molar-refractivity contribution >= 4 is 5.91 Å². The maximum atomic E-state index is 12.8. The maximum Gasteiger partial charge on any atom is 0.416 e. The number of carbonyl (C=O) groups is 1. The fourth-order valence-corrected chi connectivity index (χ4v) is 2.72. The molecular formula is C17H12F3N5O2. The van der Waals surface area contributed by atoms with Crippen LogP contribution in [-0.4, -0.2) is 44.0 Å². The normalized spacial score (nSPS) is 14.9. The highest BCUT2D eigenvalue weighted by atomic mass is 19.4. The van der Waals surface area contributed by atoms with Crippen molar-refractivity contribution in [3.8, 4) is 11.6 Å². The summed E-state index contributed by atoms with van der Waals surface area (Å²) in [6, 6.07) is 6.03. The second-order valence-corrected chi connectivity index (χ2v) is 6.01. The van der Waals surface area contributed by atoms with Crippen LogP contribution in [0.4, 0.5) is 13.2 Å². The molecule has 1 amide bonds. The largest absolute Gasteiger partial charge is 0.416 e. The number of alkyl halides is 3. The van der Waals surface area contributed by atoms with Crippen LogP contribution in [0.25, 0.3) is 11.6 Å². The molecule has 1 saturated heterocycles. The molecule has 3 heterocycles. The first-order valence-electron chi connectivity index (χ1n) is 7.99. The molecule has 1 aromatic carbocycles. The highest BCUT2D eigenvalue weighted by Gasteiger charge is 2.37. The molecule has 0 spiro atoms. The minimum absolute atomic E-state index is 0.00724. The topological polar surface area (TPSA) is 85.0 Å². The Morgan fingerprint density at radius 3 is 2.56 bits per heavy atom. The van der Waals surface area contributed by atoms with Crippen molar-refractivity contribution in [3.05, 3.63) is 59.7 Å². The van der Waals surface area contributed by atoms with Gasteiger partial charge in [0, 0.05) is 31.0 Å². The Bertz CT molecular complexity index is 968. The zero-order chi connectivity index (χ0) is 19.0. The van der Waals surface area contributed by atoms with Crippen molar-refractivity contribution in [2.24, 2.45) is 0 Å². The van der Waals surface area contributed by atoms with Crippen molar-refractivity contribution in [3.63, 3.8) is 0 Å². The van der Waals surface area contributed by atoms with E-state index in [2.05, 4.69) is 20.1 Å². The number of benzene rings is 1. The van der Waals surface area contributed by atoms with E-state index >= 15 is 0 Å². The molecule has 138 valence electrons. The molecule has 0 saturated carbocycles. The fourth-order valence-electron chi connectivity index (χ4n) is 2.72. The summed E-state index contributed by atoms with van der Waals surface area (Å²) < 4.78 is 43.6. The molecular weight excluding hydrogens is 363 g/mol. The number of amides is 1. The van der Waals surface area contributed by atoms with Gasteiger partial charge in [-0.1, -0.05) is 11.2 Å². The minimum atomic E-state index is -4.49. The predicted molar refractivity (Wildman–Crippen MR) is 85.4 cm³/mol. The first-order chi connectivity index (χ1) is 12.9. The molecule has 2 aromatic heterocycles. The van der Waals surface area contributed by atoms with Gasteiger partial charge in [-0.25, -0.2) is 9.97 Å². The molecule has 1 aliphatic heterocycles. The van der Waals surface area contributed by atoms with Gasteiger partial charge < -0.3 is 9.42 Å². The summed E-state index contributed by atoms with van der Waals surface area (Å²) in [6.45, 7) is 0.568. The second kappa shape index (κ2) is 6.45. The van der Waals surface area contributed by atoms with Crippen LogP contribution in [0.5, 0.6) is 0 Å². The quantitative estimate of drug-likeness (QED) is 0.700. The second-order valence-electron chi connectivity index (χ2n) is 6.01. The van der Waals surface area contributed by atoms with Gasteiger partial charge in [0.15, 0.2) is 0 Å². The lowest BCUT2D eigenvalue weighted by atomic mass is 9.98. The van der Waals surface area contributed by atoms with Crippen LogP contribution in [-0.2, 0) is 6.18 Å². The number of hydrogen-bond acceptors (Lipinski definition) is 6. The molecule has 3 aromatic rings. The molecule has 4 rings (SSSR count). The lowest BCUT2D eigenvalue weighted by molar-refractivity contribution is -0.137. The molecule has 0 unspecified atom stereocenters. The van der Waals surface area contributed by atoms with E-state index in [0.29, 0.717) is 11.7 Å². The SMILES string of the molecule is O=C(c1cccc(C(F)(F)F)c1)N1CC(c2nc(-c3ncccn3)no2)C1. The summed E-state index contributed by atoms with van der Waals surface area (Å²) in [5, 5.41) is 3.82. The van der Waals surface area contributed by atoms with Gasteiger partial charge >= 0.3 is 6.18 Å². The number of nitrogens with zero attached hydrogens (tertiary/aromatic N) is 5. The van der Waals surface area contributed by atoms with E-state index in [9.17, 15) is 18.0 Å². The Labute approximate surface area is 150 Å². The molecule has 0 N–H and O–H groups in total. The first-order valence-corrected chi connectivity index (χ1v) is 7.99. The third kappa shape index (κ3) is 3.37. The molecule has 0 bridgehead atoms. The van der Waals surface area contributed by atoms with Gasteiger partial charge in [0.2, 0.25) is 17.5 Å². The number of hydrogen-bond donors (Lipinski definition) is 0. The first kappa shape index (κ1) is 17.1. The van der Waals surface area contributed by atoms with Crippen LogP contribution < -0.4 is 0 Å². The highest BCUT2D eigenvalue weighted by Crippen LogP contribution is 2.31. The average molecular weight is 375 g/mol. The number of halogens is 3. The smallest absolute Gasteiger partial charge is 0.338 e. The summed E-state index contributed by atoms with van der Waals surface area (Å²) in [5.74, 6) is 0.260. The Morgan fingerprint density at radius 1 is 1.11 bits per heavy atom. The van der Waals surface area contributed by atoms with Crippen LogP contribution in [0.3, 0.4) is 0 Å². The average Bonchev–Trinajstić information content (AvgIpc) is 3.10. The zero-order valence-electron chi connectivity index (χ0n) is 13.7. The van der Waals surface area contributed by atoms with Crippen molar-refractivity contribution in [2.45, 2.75) is 12.1 Å². The fraction of sp³-hybridized carbons (Fsp3) is 0.235. The molecule has 0 radical (unpaired) electrons. The van der Waals surface area contributed by atoms with E-state index in [1.54, 1.807) is 18.5 Å². The van der Waals surface area contributed by atoms with E-state index in [1.807, 2.05) is 0 Å². The van der Waals surface area contributed by atoms with Gasteiger partial charge in [0.05, 0.1) is 11.5 Å². The zero-order valence-corrected chi connectivity index (χ0v) is 13.7. The molecule has 1 aliphatic rings. The molecule has 10 heteroatoms. The van der Waals surface area contributed by atoms with E-state index in [0.717, 1.165) is 12.1 Å². The molecule has 1 fully saturated rings. The molecule has 7 nitrogen and oxygen atoms in total. The summed E-state index contributed by atoms with van der Waals surface area (Å²) in [5.41, 5.74) is -0.859. The van der Waals surface area contributed by atoms with Crippen LogP contribution in [0, 0.1) is 0 Å². The Balaban J connectivity index is 1.43. The van der Waals surface area contributed by atoms with Crippen LogP contribution in [0.15, 0.2) is 47.2 Å². The van der Waals surface area contributed by atoms with Gasteiger partial charge in [-0.2, -0.15) is 18.2 Å². The molecule has 0 atom stereocenters. The molecule has 27 heavy (non-hydrogen) atoms. The third-order valence-corrected chi connectivity index (χ3v) is 4.16. The predicted octanol–water partition coefficient (Wildman–Crippen LogP) is 2.79. The van der Waals surface area contributed by atoms with Crippen LogP contribution in [0.2, 0.25) is 0 Å². The minimum Gasteiger partial charge on any atom is -0.338 e. The lowest BCUT2D eigenvalue weighted by Gasteiger charge is -2.37. The monoisotopic (exact) mass is 375 g/mol. The van der Waals surface area contributed by atoms with Gasteiger partial charge in [-0.15, -0.1) is 0 Å².